The Morgan fingerprint density at radius 1 is 1.09 bits per heavy atom. The quantitative estimate of drug-likeness (QED) is 0.655. The number of rotatable bonds is 3. The van der Waals surface area contributed by atoms with Gasteiger partial charge >= 0.3 is 6.03 Å². The summed E-state index contributed by atoms with van der Waals surface area (Å²) in [5, 5.41) is 6.62. The summed E-state index contributed by atoms with van der Waals surface area (Å²) < 4.78 is 13.2. The molecule has 3 aromatic rings. The molecule has 1 aromatic heterocycles. The maximum atomic E-state index is 13.2. The zero-order valence-corrected chi connectivity index (χ0v) is 13.0. The number of nitrogens with one attached hydrogen (secondary N) is 3. The number of hydrogen-bond acceptors (Lipinski definition) is 1. The number of benzene rings is 2. The number of halogens is 1. The van der Waals surface area contributed by atoms with Crippen LogP contribution in [0.15, 0.2) is 48.5 Å². The fourth-order valence-electron chi connectivity index (χ4n) is 2.52. The Morgan fingerprint density at radius 3 is 2.48 bits per heavy atom. The van der Waals surface area contributed by atoms with Crippen molar-refractivity contribution in [3.63, 3.8) is 0 Å². The molecule has 0 bridgehead atoms. The molecule has 0 aliphatic rings. The van der Waals surface area contributed by atoms with Crippen molar-refractivity contribution in [3.05, 3.63) is 54.3 Å². The molecular weight excluding hydrogens is 293 g/mol. The van der Waals surface area contributed by atoms with Crippen LogP contribution in [-0.2, 0) is 0 Å². The molecular formula is C18H18FN3O. The number of aromatic nitrogens is 1. The average Bonchev–Trinajstić information content (AvgIpc) is 2.86. The minimum absolute atomic E-state index is 0.0366. The van der Waals surface area contributed by atoms with Crippen LogP contribution in [0, 0.1) is 5.82 Å². The number of amides is 2. The van der Waals surface area contributed by atoms with Gasteiger partial charge < -0.3 is 15.6 Å². The van der Waals surface area contributed by atoms with E-state index < -0.39 is 0 Å². The van der Waals surface area contributed by atoms with E-state index in [1.54, 1.807) is 12.1 Å². The highest BCUT2D eigenvalue weighted by Gasteiger charge is 2.15. The molecule has 3 rings (SSSR count). The molecule has 0 saturated carbocycles. The van der Waals surface area contributed by atoms with E-state index in [1.807, 2.05) is 38.1 Å². The molecule has 0 radical (unpaired) electrons. The van der Waals surface area contributed by atoms with Gasteiger partial charge in [0.05, 0.1) is 11.4 Å². The van der Waals surface area contributed by atoms with Crippen LogP contribution < -0.4 is 10.6 Å². The van der Waals surface area contributed by atoms with E-state index in [2.05, 4.69) is 15.6 Å². The largest absolute Gasteiger partial charge is 0.353 e. The number of H-pyrrole nitrogens is 1. The van der Waals surface area contributed by atoms with Crippen LogP contribution in [0.3, 0.4) is 0 Å². The van der Waals surface area contributed by atoms with Crippen LogP contribution >= 0.6 is 0 Å². The predicted octanol–water partition coefficient (Wildman–Crippen LogP) is 4.50. The Hall–Kier alpha value is -2.82. The summed E-state index contributed by atoms with van der Waals surface area (Å²) in [7, 11) is 0. The van der Waals surface area contributed by atoms with Gasteiger partial charge in [-0.15, -0.1) is 0 Å². The smallest absolute Gasteiger partial charge is 0.319 e. The molecule has 1 heterocycles. The van der Waals surface area contributed by atoms with Gasteiger partial charge in [0.15, 0.2) is 0 Å². The van der Waals surface area contributed by atoms with Crippen LogP contribution in [0.1, 0.15) is 13.8 Å². The van der Waals surface area contributed by atoms with Crippen LogP contribution in [0.5, 0.6) is 0 Å². The van der Waals surface area contributed by atoms with Crippen molar-refractivity contribution in [1.29, 1.82) is 0 Å². The summed E-state index contributed by atoms with van der Waals surface area (Å²) in [5.41, 5.74) is 3.16. The topological polar surface area (TPSA) is 56.9 Å². The summed E-state index contributed by atoms with van der Waals surface area (Å²) >= 11 is 0. The maximum Gasteiger partial charge on any atom is 0.319 e. The van der Waals surface area contributed by atoms with Crippen molar-refractivity contribution < 1.29 is 9.18 Å². The van der Waals surface area contributed by atoms with E-state index >= 15 is 0 Å². The molecule has 0 aliphatic carbocycles. The number of anilines is 1. The molecule has 0 spiro atoms. The number of fused-ring (bicyclic) bond motifs is 1. The fraction of sp³-hybridized carbons (Fsp3) is 0.167. The van der Waals surface area contributed by atoms with E-state index in [9.17, 15) is 9.18 Å². The van der Waals surface area contributed by atoms with Crippen molar-refractivity contribution in [2.45, 2.75) is 19.9 Å². The predicted molar refractivity (Wildman–Crippen MR) is 91.0 cm³/mol. The normalized spacial score (nSPS) is 11.0. The van der Waals surface area contributed by atoms with Crippen molar-refractivity contribution in [3.8, 4) is 11.3 Å². The lowest BCUT2D eigenvalue weighted by molar-refractivity contribution is 0.250. The number of para-hydroxylation sites is 1. The zero-order chi connectivity index (χ0) is 16.4. The lowest BCUT2D eigenvalue weighted by Crippen LogP contribution is -2.34. The van der Waals surface area contributed by atoms with E-state index in [-0.39, 0.29) is 17.9 Å². The van der Waals surface area contributed by atoms with Crippen LogP contribution in [-0.4, -0.2) is 17.1 Å². The number of carbonyl (C=O) groups is 1. The Kier molecular flexibility index (Phi) is 4.02. The van der Waals surface area contributed by atoms with Crippen LogP contribution in [0.4, 0.5) is 14.9 Å². The third-order valence-corrected chi connectivity index (χ3v) is 3.50. The minimum atomic E-state index is -0.295. The molecule has 0 fully saturated rings. The van der Waals surface area contributed by atoms with Gasteiger partial charge in [-0.1, -0.05) is 18.2 Å². The van der Waals surface area contributed by atoms with Crippen LogP contribution in [0.2, 0.25) is 0 Å². The number of hydrogen-bond donors (Lipinski definition) is 3. The van der Waals surface area contributed by atoms with E-state index in [0.717, 1.165) is 22.2 Å². The SMILES string of the molecule is CC(C)NC(=O)Nc1c(-c2ccc(F)cc2)[nH]c2ccccc12. The first-order chi connectivity index (χ1) is 11.0. The van der Waals surface area contributed by atoms with Gasteiger partial charge in [0.1, 0.15) is 5.82 Å². The van der Waals surface area contributed by atoms with E-state index in [1.165, 1.54) is 12.1 Å². The van der Waals surface area contributed by atoms with Gasteiger partial charge in [-0.25, -0.2) is 9.18 Å². The maximum absolute atomic E-state index is 13.2. The monoisotopic (exact) mass is 311 g/mol. The van der Waals surface area contributed by atoms with Crippen molar-refractivity contribution in [2.24, 2.45) is 0 Å². The number of carbonyl (C=O) groups excluding carboxylic acids is 1. The van der Waals surface area contributed by atoms with Gasteiger partial charge in [-0.05, 0) is 44.2 Å². The van der Waals surface area contributed by atoms with Crippen LogP contribution in [0.25, 0.3) is 22.2 Å². The summed E-state index contributed by atoms with van der Waals surface area (Å²) in [6, 6.07) is 13.6. The zero-order valence-electron chi connectivity index (χ0n) is 13.0. The molecule has 0 saturated heterocycles. The number of urea groups is 1. The first kappa shape index (κ1) is 15.1. The lowest BCUT2D eigenvalue weighted by atomic mass is 10.1. The third-order valence-electron chi connectivity index (χ3n) is 3.50. The minimum Gasteiger partial charge on any atom is -0.353 e. The van der Waals surface area contributed by atoms with Gasteiger partial charge in [0.2, 0.25) is 0 Å². The van der Waals surface area contributed by atoms with Gasteiger partial charge in [-0.3, -0.25) is 0 Å². The second-order valence-electron chi connectivity index (χ2n) is 5.68. The molecule has 0 aliphatic heterocycles. The molecule has 3 N–H and O–H groups in total. The van der Waals surface area contributed by atoms with Crippen molar-refractivity contribution in [2.75, 3.05) is 5.32 Å². The number of aromatic amines is 1. The van der Waals surface area contributed by atoms with Gasteiger partial charge in [-0.2, -0.15) is 0 Å². The summed E-state index contributed by atoms with van der Waals surface area (Å²) in [6.45, 7) is 3.80. The summed E-state index contributed by atoms with van der Waals surface area (Å²) in [5.74, 6) is -0.295. The van der Waals surface area contributed by atoms with Gasteiger partial charge in [0, 0.05) is 22.5 Å². The van der Waals surface area contributed by atoms with E-state index in [4.69, 9.17) is 0 Å². The van der Waals surface area contributed by atoms with Crippen molar-refractivity contribution >= 4 is 22.6 Å². The Labute approximate surface area is 133 Å². The molecule has 118 valence electrons. The third kappa shape index (κ3) is 3.18. The second-order valence-corrected chi connectivity index (χ2v) is 5.68. The van der Waals surface area contributed by atoms with E-state index in [0.29, 0.717) is 5.69 Å². The lowest BCUT2D eigenvalue weighted by Gasteiger charge is -2.11. The Morgan fingerprint density at radius 2 is 1.78 bits per heavy atom. The second kappa shape index (κ2) is 6.12. The summed E-state index contributed by atoms with van der Waals surface area (Å²) in [4.78, 5) is 15.4. The molecule has 4 nitrogen and oxygen atoms in total. The highest BCUT2D eigenvalue weighted by atomic mass is 19.1. The molecule has 0 atom stereocenters. The van der Waals surface area contributed by atoms with Gasteiger partial charge in [0.25, 0.3) is 0 Å². The Balaban J connectivity index is 2.07. The Bertz CT molecular complexity index is 837. The molecule has 23 heavy (non-hydrogen) atoms. The highest BCUT2D eigenvalue weighted by Crippen LogP contribution is 2.34. The molecule has 5 heteroatoms. The molecule has 2 amide bonds. The first-order valence-corrected chi connectivity index (χ1v) is 7.49. The molecule has 0 unspecified atom stereocenters. The molecule has 2 aromatic carbocycles. The average molecular weight is 311 g/mol. The standard InChI is InChI=1S/C18H18FN3O/c1-11(2)20-18(23)22-17-14-5-3-4-6-15(14)21-16(17)12-7-9-13(19)10-8-12/h3-11,21H,1-2H3,(H2,20,22,23). The highest BCUT2D eigenvalue weighted by molar-refractivity contribution is 6.07. The van der Waals surface area contributed by atoms with Crippen molar-refractivity contribution in [1.82, 2.24) is 10.3 Å². The fourth-order valence-corrected chi connectivity index (χ4v) is 2.52. The summed E-state index contributed by atoms with van der Waals surface area (Å²) in [6.07, 6.45) is 0. The first-order valence-electron chi connectivity index (χ1n) is 7.49.